The molecule has 0 unspecified atom stereocenters. The lowest BCUT2D eigenvalue weighted by Gasteiger charge is -2.11. The van der Waals surface area contributed by atoms with Crippen molar-refractivity contribution in [3.63, 3.8) is 0 Å². The maximum atomic E-state index is 11.3. The number of hydrogen-bond donors (Lipinski definition) is 2. The van der Waals surface area contributed by atoms with Crippen LogP contribution in [0, 0.1) is 0 Å². The number of fused-ring (bicyclic) bond motifs is 1. The maximum Gasteiger partial charge on any atom is 0.228 e. The fourth-order valence-electron chi connectivity index (χ4n) is 1.39. The largest absolute Gasteiger partial charge is 0.507 e. The normalized spacial score (nSPS) is 15.0. The van der Waals surface area contributed by atoms with Crippen LogP contribution in [0.15, 0.2) is 30.0 Å². The smallest absolute Gasteiger partial charge is 0.228 e. The SMILES string of the molecule is O=C1C(O)=CC(=O)c2c(O)cccc21. The van der Waals surface area contributed by atoms with Crippen molar-refractivity contribution >= 4 is 11.6 Å². The number of aliphatic hydroxyl groups excluding tert-OH is 1. The molecule has 0 fully saturated rings. The summed E-state index contributed by atoms with van der Waals surface area (Å²) in [5.41, 5.74) is -0.00898. The number of Topliss-reactive ketones (excluding diaryl/α,β-unsaturated/α-hetero) is 1. The zero-order valence-corrected chi connectivity index (χ0v) is 7.02. The van der Waals surface area contributed by atoms with E-state index in [4.69, 9.17) is 5.11 Å². The van der Waals surface area contributed by atoms with Crippen LogP contribution in [0.25, 0.3) is 0 Å². The van der Waals surface area contributed by atoms with Crippen molar-refractivity contribution in [2.75, 3.05) is 0 Å². The van der Waals surface area contributed by atoms with Gasteiger partial charge in [-0.3, -0.25) is 9.59 Å². The molecule has 14 heavy (non-hydrogen) atoms. The van der Waals surface area contributed by atoms with Gasteiger partial charge in [-0.1, -0.05) is 6.07 Å². The number of carbonyl (C=O) groups is 2. The van der Waals surface area contributed by atoms with E-state index in [1.165, 1.54) is 18.2 Å². The summed E-state index contributed by atoms with van der Waals surface area (Å²) in [5.74, 6) is -2.04. The molecule has 0 saturated carbocycles. The zero-order valence-electron chi connectivity index (χ0n) is 7.02. The van der Waals surface area contributed by atoms with Gasteiger partial charge in [0.25, 0.3) is 0 Å². The first-order valence-electron chi connectivity index (χ1n) is 3.93. The first-order valence-corrected chi connectivity index (χ1v) is 3.93. The number of benzene rings is 1. The van der Waals surface area contributed by atoms with Gasteiger partial charge in [-0.25, -0.2) is 0 Å². The summed E-state index contributed by atoms with van der Waals surface area (Å²) in [4.78, 5) is 22.6. The van der Waals surface area contributed by atoms with E-state index < -0.39 is 17.3 Å². The molecule has 0 aliphatic heterocycles. The fraction of sp³-hybridized carbons (Fsp3) is 0. The molecule has 0 spiro atoms. The van der Waals surface area contributed by atoms with Crippen molar-refractivity contribution in [2.24, 2.45) is 0 Å². The van der Waals surface area contributed by atoms with Crippen LogP contribution < -0.4 is 0 Å². The first-order chi connectivity index (χ1) is 6.61. The van der Waals surface area contributed by atoms with Crippen LogP contribution in [-0.4, -0.2) is 21.8 Å². The zero-order chi connectivity index (χ0) is 10.3. The summed E-state index contributed by atoms with van der Waals surface area (Å²) in [6.45, 7) is 0. The Kier molecular flexibility index (Phi) is 1.64. The number of ketones is 2. The molecule has 0 atom stereocenters. The molecule has 4 heteroatoms. The molecule has 1 aliphatic rings. The first kappa shape index (κ1) is 8.50. The van der Waals surface area contributed by atoms with Gasteiger partial charge in [-0.05, 0) is 12.1 Å². The summed E-state index contributed by atoms with van der Waals surface area (Å²) in [6, 6.07) is 4.15. The van der Waals surface area contributed by atoms with Crippen molar-refractivity contribution in [3.8, 4) is 5.75 Å². The fourth-order valence-corrected chi connectivity index (χ4v) is 1.39. The van der Waals surface area contributed by atoms with E-state index in [0.717, 1.165) is 6.08 Å². The molecule has 2 rings (SSSR count). The van der Waals surface area contributed by atoms with Gasteiger partial charge in [-0.2, -0.15) is 0 Å². The van der Waals surface area contributed by atoms with Crippen molar-refractivity contribution in [1.29, 1.82) is 0 Å². The van der Waals surface area contributed by atoms with Gasteiger partial charge in [0, 0.05) is 11.6 Å². The topological polar surface area (TPSA) is 74.6 Å². The number of phenols is 1. The average molecular weight is 190 g/mol. The molecule has 1 aromatic rings. The van der Waals surface area contributed by atoms with Crippen LogP contribution in [0.5, 0.6) is 5.75 Å². The Morgan fingerprint density at radius 2 is 1.79 bits per heavy atom. The number of hydrogen-bond acceptors (Lipinski definition) is 4. The van der Waals surface area contributed by atoms with Crippen LogP contribution in [0.2, 0.25) is 0 Å². The molecule has 70 valence electrons. The van der Waals surface area contributed by atoms with E-state index in [2.05, 4.69) is 0 Å². The second-order valence-corrected chi connectivity index (χ2v) is 2.92. The number of phenolic OH excluding ortho intramolecular Hbond substituents is 1. The van der Waals surface area contributed by atoms with Crippen LogP contribution >= 0.6 is 0 Å². The summed E-state index contributed by atoms with van der Waals surface area (Å²) in [5, 5.41) is 18.4. The lowest BCUT2D eigenvalue weighted by Crippen LogP contribution is -2.16. The third kappa shape index (κ3) is 1.01. The molecule has 4 nitrogen and oxygen atoms in total. The highest BCUT2D eigenvalue weighted by Crippen LogP contribution is 2.27. The minimum Gasteiger partial charge on any atom is -0.507 e. The van der Waals surface area contributed by atoms with Gasteiger partial charge in [-0.15, -0.1) is 0 Å². The van der Waals surface area contributed by atoms with Crippen molar-refractivity contribution in [3.05, 3.63) is 41.2 Å². The van der Waals surface area contributed by atoms with Crippen LogP contribution in [-0.2, 0) is 0 Å². The molecule has 0 amide bonds. The standard InChI is InChI=1S/C10H6O4/c11-6-3-1-2-5-9(6)7(12)4-8(13)10(5)14/h1-4,11,13H. The monoisotopic (exact) mass is 190 g/mol. The Morgan fingerprint density at radius 3 is 2.50 bits per heavy atom. The minimum absolute atomic E-state index is 0.0370. The Morgan fingerprint density at radius 1 is 1.07 bits per heavy atom. The van der Waals surface area contributed by atoms with Crippen LogP contribution in [0.1, 0.15) is 20.7 Å². The van der Waals surface area contributed by atoms with E-state index in [-0.39, 0.29) is 16.9 Å². The Hall–Kier alpha value is -2.10. The summed E-state index contributed by atoms with van der Waals surface area (Å²) in [7, 11) is 0. The minimum atomic E-state index is -0.643. The maximum absolute atomic E-state index is 11.3. The van der Waals surface area contributed by atoms with Crippen LogP contribution in [0.4, 0.5) is 0 Å². The number of aliphatic hydroxyl groups is 1. The summed E-state index contributed by atoms with van der Waals surface area (Å²) < 4.78 is 0. The third-order valence-electron chi connectivity index (χ3n) is 2.03. The van der Waals surface area contributed by atoms with E-state index in [1.54, 1.807) is 0 Å². The van der Waals surface area contributed by atoms with Gasteiger partial charge >= 0.3 is 0 Å². The van der Waals surface area contributed by atoms with Crippen molar-refractivity contribution in [1.82, 2.24) is 0 Å². The van der Waals surface area contributed by atoms with E-state index in [9.17, 15) is 14.7 Å². The molecule has 0 aromatic heterocycles. The number of allylic oxidation sites excluding steroid dienone is 2. The predicted molar refractivity (Wildman–Crippen MR) is 47.5 cm³/mol. The number of rotatable bonds is 0. The van der Waals surface area contributed by atoms with Gasteiger partial charge in [0.1, 0.15) is 5.75 Å². The van der Waals surface area contributed by atoms with Gasteiger partial charge in [0.2, 0.25) is 5.78 Å². The average Bonchev–Trinajstić information content (AvgIpc) is 2.14. The molecule has 0 heterocycles. The molecule has 0 radical (unpaired) electrons. The van der Waals surface area contributed by atoms with E-state index in [0.29, 0.717) is 0 Å². The lowest BCUT2D eigenvalue weighted by molar-refractivity contribution is 0.0937. The highest BCUT2D eigenvalue weighted by atomic mass is 16.3. The second-order valence-electron chi connectivity index (χ2n) is 2.92. The highest BCUT2D eigenvalue weighted by molar-refractivity contribution is 6.24. The lowest BCUT2D eigenvalue weighted by atomic mass is 9.93. The van der Waals surface area contributed by atoms with Gasteiger partial charge < -0.3 is 10.2 Å². The van der Waals surface area contributed by atoms with Crippen molar-refractivity contribution in [2.45, 2.75) is 0 Å². The molecule has 1 aliphatic carbocycles. The van der Waals surface area contributed by atoms with Gasteiger partial charge in [0.05, 0.1) is 5.56 Å². The number of aromatic hydroxyl groups is 1. The van der Waals surface area contributed by atoms with Crippen molar-refractivity contribution < 1.29 is 19.8 Å². The van der Waals surface area contributed by atoms with E-state index >= 15 is 0 Å². The molecule has 2 N–H and O–H groups in total. The van der Waals surface area contributed by atoms with E-state index in [1.807, 2.05) is 0 Å². The Balaban J connectivity index is 2.75. The summed E-state index contributed by atoms with van der Waals surface area (Å²) in [6.07, 6.45) is 0.810. The molecule has 0 saturated heterocycles. The molecule has 0 bridgehead atoms. The molecular formula is C10H6O4. The predicted octanol–water partition coefficient (Wildman–Crippen LogP) is 1.21. The Bertz CT molecular complexity index is 471. The molecular weight excluding hydrogens is 184 g/mol. The number of carbonyl (C=O) groups excluding carboxylic acids is 2. The quantitative estimate of drug-likeness (QED) is 0.644. The molecule has 1 aromatic carbocycles. The third-order valence-corrected chi connectivity index (χ3v) is 2.03. The van der Waals surface area contributed by atoms with Crippen LogP contribution in [0.3, 0.4) is 0 Å². The van der Waals surface area contributed by atoms with Gasteiger partial charge in [0.15, 0.2) is 11.5 Å². The second kappa shape index (κ2) is 2.70. The highest BCUT2D eigenvalue weighted by Gasteiger charge is 2.27. The Labute approximate surface area is 79.1 Å². The summed E-state index contributed by atoms with van der Waals surface area (Å²) >= 11 is 0.